The molecule has 0 spiro atoms. The number of hydrogen-bond acceptors (Lipinski definition) is 4. The first-order valence-electron chi connectivity index (χ1n) is 5.37. The van der Waals surface area contributed by atoms with Crippen molar-refractivity contribution in [3.05, 3.63) is 23.2 Å². The first kappa shape index (κ1) is 11.4. The molecule has 2 rings (SSSR count). The number of aliphatic hydroxyl groups is 1. The molecule has 0 saturated heterocycles. The third-order valence-corrected chi connectivity index (χ3v) is 3.33. The lowest BCUT2D eigenvalue weighted by atomic mass is 10.3. The maximum Gasteiger partial charge on any atom is 0.121 e. The summed E-state index contributed by atoms with van der Waals surface area (Å²) in [5, 5.41) is 10.5. The third kappa shape index (κ3) is 2.51. The summed E-state index contributed by atoms with van der Waals surface area (Å²) in [6.07, 6.45) is 0.311. The van der Waals surface area contributed by atoms with Gasteiger partial charge in [-0.25, -0.2) is 4.98 Å². The van der Waals surface area contributed by atoms with Gasteiger partial charge in [0.25, 0.3) is 0 Å². The zero-order chi connectivity index (χ0) is 11.5. The highest BCUT2D eigenvalue weighted by molar-refractivity contribution is 7.18. The number of rotatable bonds is 4. The zero-order valence-electron chi connectivity index (χ0n) is 9.43. The van der Waals surface area contributed by atoms with E-state index >= 15 is 0 Å². The predicted octanol–water partition coefficient (Wildman–Crippen LogP) is 2.75. The lowest BCUT2D eigenvalue weighted by molar-refractivity contribution is 0.104. The quantitative estimate of drug-likeness (QED) is 0.889. The molecule has 0 radical (unpaired) electrons. The van der Waals surface area contributed by atoms with Gasteiger partial charge in [-0.15, -0.1) is 11.3 Å². The molecule has 1 heterocycles. The summed E-state index contributed by atoms with van der Waals surface area (Å²) in [4.78, 5) is 4.40. The van der Waals surface area contributed by atoms with Gasteiger partial charge in [0.2, 0.25) is 0 Å². The number of aryl methyl sites for hydroxylation is 1. The van der Waals surface area contributed by atoms with E-state index in [1.807, 2.05) is 32.0 Å². The van der Waals surface area contributed by atoms with Gasteiger partial charge in [0, 0.05) is 6.07 Å². The standard InChI is InChI=1S/C12H15NO2S/c1-3-9(14)7-15-10-4-5-12-11(6-10)13-8(2)16-12/h4-6,9,14H,3,7H2,1-2H3/t9-/m0/s1. The molecule has 4 heteroatoms. The molecule has 0 amide bonds. The lowest BCUT2D eigenvalue weighted by Crippen LogP contribution is -2.15. The van der Waals surface area contributed by atoms with Gasteiger partial charge >= 0.3 is 0 Å². The molecule has 0 aliphatic rings. The van der Waals surface area contributed by atoms with Crippen molar-refractivity contribution in [2.45, 2.75) is 26.4 Å². The number of benzene rings is 1. The van der Waals surface area contributed by atoms with Crippen LogP contribution in [0.5, 0.6) is 5.75 Å². The highest BCUT2D eigenvalue weighted by Crippen LogP contribution is 2.25. The fraction of sp³-hybridized carbons (Fsp3) is 0.417. The van der Waals surface area contributed by atoms with Gasteiger partial charge in [-0.1, -0.05) is 6.92 Å². The van der Waals surface area contributed by atoms with E-state index in [1.165, 1.54) is 4.70 Å². The van der Waals surface area contributed by atoms with Gasteiger partial charge in [-0.3, -0.25) is 0 Å². The van der Waals surface area contributed by atoms with Crippen molar-refractivity contribution in [3.63, 3.8) is 0 Å². The molecule has 1 atom stereocenters. The number of thiazole rings is 1. The summed E-state index contributed by atoms with van der Waals surface area (Å²) in [6.45, 7) is 4.26. The van der Waals surface area contributed by atoms with E-state index in [0.29, 0.717) is 13.0 Å². The number of hydrogen-bond donors (Lipinski definition) is 1. The summed E-state index contributed by atoms with van der Waals surface area (Å²) in [6, 6.07) is 5.84. The van der Waals surface area contributed by atoms with Crippen molar-refractivity contribution < 1.29 is 9.84 Å². The van der Waals surface area contributed by atoms with Crippen LogP contribution in [0.1, 0.15) is 18.4 Å². The Morgan fingerprint density at radius 1 is 1.50 bits per heavy atom. The normalized spacial score (nSPS) is 12.9. The van der Waals surface area contributed by atoms with Crippen LogP contribution in [-0.4, -0.2) is 22.8 Å². The number of aromatic nitrogens is 1. The average molecular weight is 237 g/mol. The van der Waals surface area contributed by atoms with Crippen molar-refractivity contribution >= 4 is 21.6 Å². The molecule has 1 N–H and O–H groups in total. The minimum atomic E-state index is -0.395. The Hall–Kier alpha value is -1.13. The summed E-state index contributed by atoms with van der Waals surface area (Å²) in [7, 11) is 0. The van der Waals surface area contributed by atoms with Crippen LogP contribution in [0.25, 0.3) is 10.2 Å². The van der Waals surface area contributed by atoms with E-state index in [9.17, 15) is 5.11 Å². The Morgan fingerprint density at radius 3 is 3.06 bits per heavy atom. The monoisotopic (exact) mass is 237 g/mol. The first-order valence-corrected chi connectivity index (χ1v) is 6.18. The fourth-order valence-electron chi connectivity index (χ4n) is 1.42. The first-order chi connectivity index (χ1) is 7.69. The van der Waals surface area contributed by atoms with Crippen LogP contribution >= 0.6 is 11.3 Å². The number of ether oxygens (including phenoxy) is 1. The van der Waals surface area contributed by atoms with Gasteiger partial charge in [0.15, 0.2) is 0 Å². The Morgan fingerprint density at radius 2 is 2.31 bits per heavy atom. The second kappa shape index (κ2) is 4.80. The van der Waals surface area contributed by atoms with E-state index in [2.05, 4.69) is 4.98 Å². The van der Waals surface area contributed by atoms with E-state index in [-0.39, 0.29) is 0 Å². The highest BCUT2D eigenvalue weighted by Gasteiger charge is 2.04. The molecule has 3 nitrogen and oxygen atoms in total. The van der Waals surface area contributed by atoms with Crippen molar-refractivity contribution in [2.75, 3.05) is 6.61 Å². The maximum atomic E-state index is 9.40. The van der Waals surface area contributed by atoms with E-state index in [1.54, 1.807) is 11.3 Å². The SMILES string of the molecule is CC[C@H](O)COc1ccc2sc(C)nc2c1. The maximum absolute atomic E-state index is 9.40. The molecule has 2 aromatic rings. The van der Waals surface area contributed by atoms with E-state index < -0.39 is 6.10 Å². The number of aliphatic hydroxyl groups excluding tert-OH is 1. The zero-order valence-corrected chi connectivity index (χ0v) is 10.3. The van der Waals surface area contributed by atoms with Crippen molar-refractivity contribution in [2.24, 2.45) is 0 Å². The number of nitrogens with zero attached hydrogens (tertiary/aromatic N) is 1. The molecule has 1 aromatic heterocycles. The van der Waals surface area contributed by atoms with Crippen LogP contribution in [0.2, 0.25) is 0 Å². The molecule has 0 unspecified atom stereocenters. The van der Waals surface area contributed by atoms with Crippen LogP contribution in [0, 0.1) is 6.92 Å². The van der Waals surface area contributed by atoms with Gasteiger partial charge in [-0.2, -0.15) is 0 Å². The summed E-state index contributed by atoms with van der Waals surface area (Å²) < 4.78 is 6.66. The highest BCUT2D eigenvalue weighted by atomic mass is 32.1. The Kier molecular flexibility index (Phi) is 3.41. The smallest absolute Gasteiger partial charge is 0.121 e. The molecular formula is C12H15NO2S. The molecular weight excluding hydrogens is 222 g/mol. The molecule has 0 fully saturated rings. The molecule has 0 bridgehead atoms. The minimum Gasteiger partial charge on any atom is -0.491 e. The average Bonchev–Trinajstić information content (AvgIpc) is 2.65. The number of fused-ring (bicyclic) bond motifs is 1. The van der Waals surface area contributed by atoms with Gasteiger partial charge in [0.1, 0.15) is 12.4 Å². The van der Waals surface area contributed by atoms with Crippen molar-refractivity contribution in [1.82, 2.24) is 4.98 Å². The van der Waals surface area contributed by atoms with Crippen LogP contribution in [0.15, 0.2) is 18.2 Å². The van der Waals surface area contributed by atoms with E-state index in [4.69, 9.17) is 4.74 Å². The lowest BCUT2D eigenvalue weighted by Gasteiger charge is -2.09. The topological polar surface area (TPSA) is 42.4 Å². The summed E-state index contributed by atoms with van der Waals surface area (Å²) in [5.74, 6) is 0.769. The van der Waals surface area contributed by atoms with Crippen LogP contribution in [0.4, 0.5) is 0 Å². The molecule has 86 valence electrons. The predicted molar refractivity (Wildman–Crippen MR) is 66.1 cm³/mol. The van der Waals surface area contributed by atoms with Crippen LogP contribution in [-0.2, 0) is 0 Å². The van der Waals surface area contributed by atoms with Gasteiger partial charge in [-0.05, 0) is 25.5 Å². The Bertz CT molecular complexity index is 481. The van der Waals surface area contributed by atoms with Crippen molar-refractivity contribution in [1.29, 1.82) is 0 Å². The molecule has 0 aliphatic heterocycles. The van der Waals surface area contributed by atoms with Gasteiger partial charge < -0.3 is 9.84 Å². The van der Waals surface area contributed by atoms with Gasteiger partial charge in [0.05, 0.1) is 21.3 Å². The Labute approximate surface area is 98.7 Å². The second-order valence-corrected chi connectivity index (χ2v) is 4.97. The van der Waals surface area contributed by atoms with E-state index in [0.717, 1.165) is 16.3 Å². The molecule has 1 aromatic carbocycles. The van der Waals surface area contributed by atoms with Crippen LogP contribution in [0.3, 0.4) is 0 Å². The fourth-order valence-corrected chi connectivity index (χ4v) is 2.23. The molecule has 0 aliphatic carbocycles. The molecule has 16 heavy (non-hydrogen) atoms. The summed E-state index contributed by atoms with van der Waals surface area (Å²) in [5.41, 5.74) is 0.964. The van der Waals surface area contributed by atoms with Crippen LogP contribution < -0.4 is 4.74 Å². The second-order valence-electron chi connectivity index (χ2n) is 3.74. The largest absolute Gasteiger partial charge is 0.491 e. The molecule has 0 saturated carbocycles. The van der Waals surface area contributed by atoms with Crippen molar-refractivity contribution in [3.8, 4) is 5.75 Å². The summed E-state index contributed by atoms with van der Waals surface area (Å²) >= 11 is 1.67. The third-order valence-electron chi connectivity index (χ3n) is 2.38. The minimum absolute atomic E-state index is 0.338. The Balaban J connectivity index is 2.13.